The van der Waals surface area contributed by atoms with Gasteiger partial charge >= 0.3 is 0 Å². The van der Waals surface area contributed by atoms with Crippen LogP contribution in [-0.4, -0.2) is 32.0 Å². The Morgan fingerprint density at radius 3 is 2.38 bits per heavy atom. The van der Waals surface area contributed by atoms with Crippen LogP contribution in [-0.2, 0) is 0 Å². The fourth-order valence-corrected chi connectivity index (χ4v) is 2.12. The summed E-state index contributed by atoms with van der Waals surface area (Å²) in [5, 5.41) is 5.32. The third-order valence-electron chi connectivity index (χ3n) is 3.48. The minimum absolute atomic E-state index is 0.231. The summed E-state index contributed by atoms with van der Waals surface area (Å²) >= 11 is 0. The zero-order valence-corrected chi connectivity index (χ0v) is 13.6. The molecule has 6 heteroatoms. The van der Waals surface area contributed by atoms with E-state index in [1.165, 1.54) is 13.2 Å². The van der Waals surface area contributed by atoms with E-state index in [0.29, 0.717) is 16.9 Å². The summed E-state index contributed by atoms with van der Waals surface area (Å²) in [6.45, 7) is 2.11. The second-order valence-corrected chi connectivity index (χ2v) is 5.18. The first-order chi connectivity index (χ1) is 11.5. The number of ether oxygens (including phenoxy) is 1. The molecule has 0 aliphatic rings. The van der Waals surface area contributed by atoms with Crippen molar-refractivity contribution in [2.75, 3.05) is 20.2 Å². The van der Waals surface area contributed by atoms with E-state index in [2.05, 4.69) is 10.6 Å². The van der Waals surface area contributed by atoms with Gasteiger partial charge in [-0.05, 0) is 36.8 Å². The first-order valence-electron chi connectivity index (χ1n) is 7.48. The van der Waals surface area contributed by atoms with Crippen molar-refractivity contribution < 1.29 is 18.7 Å². The number of methoxy groups -OCH3 is 1. The van der Waals surface area contributed by atoms with E-state index < -0.39 is 5.82 Å². The number of carbonyl (C=O) groups excluding carboxylic acids is 2. The summed E-state index contributed by atoms with van der Waals surface area (Å²) in [7, 11) is 1.49. The number of hydrogen-bond donors (Lipinski definition) is 2. The van der Waals surface area contributed by atoms with Crippen LogP contribution in [0.15, 0.2) is 42.5 Å². The van der Waals surface area contributed by atoms with Crippen LogP contribution in [0.1, 0.15) is 26.3 Å². The van der Waals surface area contributed by atoms with Crippen molar-refractivity contribution in [1.82, 2.24) is 10.6 Å². The molecular formula is C18H19FN2O3. The number of carbonyl (C=O) groups is 2. The summed E-state index contributed by atoms with van der Waals surface area (Å²) in [5.74, 6) is -0.621. The highest BCUT2D eigenvalue weighted by molar-refractivity contribution is 5.97. The molecule has 2 amide bonds. The van der Waals surface area contributed by atoms with Crippen LogP contribution in [0.25, 0.3) is 0 Å². The SMILES string of the molecule is COc1ccccc1C(=O)NCCNC(=O)c1ccc(C)c(F)c1. The van der Waals surface area contributed by atoms with Crippen LogP contribution < -0.4 is 15.4 Å². The average molecular weight is 330 g/mol. The Hall–Kier alpha value is -2.89. The molecule has 0 saturated carbocycles. The minimum atomic E-state index is -0.424. The first kappa shape index (κ1) is 17.5. The standard InChI is InChI=1S/C18H19FN2O3/c1-12-7-8-13(11-15(12)19)17(22)20-9-10-21-18(23)14-5-3-4-6-16(14)24-2/h3-8,11H,9-10H2,1-2H3,(H,20,22)(H,21,23). The van der Waals surface area contributed by atoms with Gasteiger partial charge in [-0.1, -0.05) is 18.2 Å². The van der Waals surface area contributed by atoms with Crippen molar-refractivity contribution in [3.05, 3.63) is 65.0 Å². The van der Waals surface area contributed by atoms with E-state index in [1.54, 1.807) is 43.3 Å². The highest BCUT2D eigenvalue weighted by Gasteiger charge is 2.11. The van der Waals surface area contributed by atoms with E-state index in [-0.39, 0.29) is 30.5 Å². The van der Waals surface area contributed by atoms with Crippen LogP contribution in [0.4, 0.5) is 4.39 Å². The van der Waals surface area contributed by atoms with Gasteiger partial charge in [-0.25, -0.2) is 4.39 Å². The number of hydrogen-bond acceptors (Lipinski definition) is 3. The molecule has 0 aliphatic carbocycles. The maximum absolute atomic E-state index is 13.4. The van der Waals surface area contributed by atoms with Crippen LogP contribution >= 0.6 is 0 Å². The summed E-state index contributed by atoms with van der Waals surface area (Å²) in [4.78, 5) is 24.0. The van der Waals surface area contributed by atoms with Crippen molar-refractivity contribution in [2.45, 2.75) is 6.92 Å². The zero-order chi connectivity index (χ0) is 17.5. The number of para-hydroxylation sites is 1. The molecule has 5 nitrogen and oxygen atoms in total. The van der Waals surface area contributed by atoms with Crippen molar-refractivity contribution in [3.63, 3.8) is 0 Å². The molecule has 0 radical (unpaired) electrons. The molecule has 2 aromatic carbocycles. The molecule has 0 saturated heterocycles. The lowest BCUT2D eigenvalue weighted by Gasteiger charge is -2.10. The van der Waals surface area contributed by atoms with Gasteiger partial charge in [-0.3, -0.25) is 9.59 Å². The van der Waals surface area contributed by atoms with Gasteiger partial charge in [0.05, 0.1) is 12.7 Å². The van der Waals surface area contributed by atoms with Crippen molar-refractivity contribution in [2.24, 2.45) is 0 Å². The predicted molar refractivity (Wildman–Crippen MR) is 88.8 cm³/mol. The number of nitrogens with one attached hydrogen (secondary N) is 2. The van der Waals surface area contributed by atoms with E-state index >= 15 is 0 Å². The lowest BCUT2D eigenvalue weighted by Crippen LogP contribution is -2.34. The van der Waals surface area contributed by atoms with Gasteiger partial charge in [-0.2, -0.15) is 0 Å². The maximum atomic E-state index is 13.4. The Balaban J connectivity index is 1.83. The Kier molecular flexibility index (Phi) is 5.89. The van der Waals surface area contributed by atoms with Gasteiger partial charge in [0.15, 0.2) is 0 Å². The largest absolute Gasteiger partial charge is 0.496 e. The van der Waals surface area contributed by atoms with Crippen molar-refractivity contribution in [3.8, 4) is 5.75 Å². The molecule has 0 fully saturated rings. The molecule has 126 valence electrons. The number of rotatable bonds is 6. The Morgan fingerprint density at radius 1 is 1.04 bits per heavy atom. The smallest absolute Gasteiger partial charge is 0.255 e. The molecular weight excluding hydrogens is 311 g/mol. The fraction of sp³-hybridized carbons (Fsp3) is 0.222. The molecule has 0 bridgehead atoms. The van der Waals surface area contributed by atoms with E-state index in [1.807, 2.05) is 0 Å². The molecule has 24 heavy (non-hydrogen) atoms. The molecule has 2 rings (SSSR count). The first-order valence-corrected chi connectivity index (χ1v) is 7.48. The van der Waals surface area contributed by atoms with Crippen LogP contribution in [0.5, 0.6) is 5.75 Å². The van der Waals surface area contributed by atoms with Gasteiger partial charge in [0.2, 0.25) is 0 Å². The van der Waals surface area contributed by atoms with Crippen LogP contribution in [0.2, 0.25) is 0 Å². The predicted octanol–water partition coefficient (Wildman–Crippen LogP) is 2.30. The van der Waals surface area contributed by atoms with E-state index in [0.717, 1.165) is 0 Å². The molecule has 0 spiro atoms. The average Bonchev–Trinajstić information content (AvgIpc) is 2.60. The van der Waals surface area contributed by atoms with E-state index in [4.69, 9.17) is 4.74 Å². The maximum Gasteiger partial charge on any atom is 0.255 e. The summed E-state index contributed by atoms with van der Waals surface area (Å²) in [6, 6.07) is 11.2. The van der Waals surface area contributed by atoms with Crippen LogP contribution in [0.3, 0.4) is 0 Å². The number of halogens is 1. The molecule has 0 aliphatic heterocycles. The number of aryl methyl sites for hydroxylation is 1. The summed E-state index contributed by atoms with van der Waals surface area (Å²) in [6.07, 6.45) is 0. The summed E-state index contributed by atoms with van der Waals surface area (Å²) in [5.41, 5.74) is 1.15. The molecule has 0 aromatic heterocycles. The lowest BCUT2D eigenvalue weighted by atomic mass is 10.1. The third kappa shape index (κ3) is 4.32. The van der Waals surface area contributed by atoms with Gasteiger partial charge in [-0.15, -0.1) is 0 Å². The molecule has 2 N–H and O–H groups in total. The quantitative estimate of drug-likeness (QED) is 0.799. The molecule has 0 unspecified atom stereocenters. The lowest BCUT2D eigenvalue weighted by molar-refractivity contribution is 0.0926. The van der Waals surface area contributed by atoms with Gasteiger partial charge in [0.25, 0.3) is 11.8 Å². The van der Waals surface area contributed by atoms with Gasteiger partial charge in [0.1, 0.15) is 11.6 Å². The van der Waals surface area contributed by atoms with E-state index in [9.17, 15) is 14.0 Å². The second-order valence-electron chi connectivity index (χ2n) is 5.18. The van der Waals surface area contributed by atoms with Crippen molar-refractivity contribution >= 4 is 11.8 Å². The molecule has 2 aromatic rings. The van der Waals surface area contributed by atoms with Gasteiger partial charge < -0.3 is 15.4 Å². The Labute approximate surface area is 139 Å². The number of benzene rings is 2. The van der Waals surface area contributed by atoms with Gasteiger partial charge in [0, 0.05) is 18.7 Å². The Morgan fingerprint density at radius 2 is 1.71 bits per heavy atom. The summed E-state index contributed by atoms with van der Waals surface area (Å²) < 4.78 is 18.6. The highest BCUT2D eigenvalue weighted by atomic mass is 19.1. The normalized spacial score (nSPS) is 10.1. The van der Waals surface area contributed by atoms with Crippen LogP contribution in [0, 0.1) is 12.7 Å². The topological polar surface area (TPSA) is 67.4 Å². The zero-order valence-electron chi connectivity index (χ0n) is 13.6. The van der Waals surface area contributed by atoms with Crippen molar-refractivity contribution in [1.29, 1.82) is 0 Å². The fourth-order valence-electron chi connectivity index (χ4n) is 2.12. The minimum Gasteiger partial charge on any atom is -0.496 e. The Bertz CT molecular complexity index is 747. The molecule has 0 atom stereocenters. The monoisotopic (exact) mass is 330 g/mol. The molecule has 0 heterocycles. The number of amides is 2. The highest BCUT2D eigenvalue weighted by Crippen LogP contribution is 2.16. The third-order valence-corrected chi connectivity index (χ3v) is 3.48. The second kappa shape index (κ2) is 8.10.